The molecule has 0 bridgehead atoms. The molecule has 2 aliphatic heterocycles. The molecule has 0 aliphatic carbocycles. The minimum atomic E-state index is -1.26. The number of carboxylic acid groups (broad SMARTS) is 1. The summed E-state index contributed by atoms with van der Waals surface area (Å²) in [6.07, 6.45) is 0.483. The summed E-state index contributed by atoms with van der Waals surface area (Å²) in [7, 11) is 1.29. The molecule has 40 heavy (non-hydrogen) atoms. The van der Waals surface area contributed by atoms with Crippen LogP contribution in [0.1, 0.15) is 34.3 Å². The first-order valence-corrected chi connectivity index (χ1v) is 12.8. The summed E-state index contributed by atoms with van der Waals surface area (Å²) < 4.78 is 33.8. The van der Waals surface area contributed by atoms with E-state index in [4.69, 9.17) is 10.6 Å². The van der Waals surface area contributed by atoms with Crippen molar-refractivity contribution in [2.45, 2.75) is 38.0 Å². The number of benzene rings is 2. The highest BCUT2D eigenvalue weighted by Crippen LogP contribution is 2.29. The topological polar surface area (TPSA) is 146 Å². The van der Waals surface area contributed by atoms with Gasteiger partial charge in [0.15, 0.2) is 11.6 Å². The van der Waals surface area contributed by atoms with E-state index in [0.717, 1.165) is 22.6 Å². The van der Waals surface area contributed by atoms with Gasteiger partial charge in [0.05, 0.1) is 6.04 Å². The van der Waals surface area contributed by atoms with Crippen LogP contribution >= 0.6 is 0 Å². The van der Waals surface area contributed by atoms with E-state index < -0.39 is 41.4 Å². The molecule has 3 amide bonds. The number of fused-ring (bicyclic) bond motifs is 1. The summed E-state index contributed by atoms with van der Waals surface area (Å²) >= 11 is 0. The Labute approximate surface area is 229 Å². The molecule has 1 fully saturated rings. The Kier molecular flexibility index (Phi) is 9.07. The first-order chi connectivity index (χ1) is 19.1. The standard InChI is InChI=1S/C27H31F2N5O6/c1-32(27(38)39)20(15-35)12-31-23(16-7-9-40-10-8-16)26(37)33-13-18-6-5-17(11-19(18)14-33)25(36)34(30)24-21(28)3-2-4-22(24)29/h2-6,11,15-16,20,23,31H,7-10,12-14,30H2,1H3,(H,38,39)/t20-,23-/m0/s1. The lowest BCUT2D eigenvalue weighted by molar-refractivity contribution is -0.136. The third kappa shape index (κ3) is 6.11. The van der Waals surface area contributed by atoms with Crippen LogP contribution in [0.2, 0.25) is 0 Å². The van der Waals surface area contributed by atoms with Crippen molar-refractivity contribution in [3.05, 3.63) is 64.7 Å². The second-order valence-electron chi connectivity index (χ2n) is 9.86. The fourth-order valence-corrected chi connectivity index (χ4v) is 5.01. The molecule has 0 radical (unpaired) electrons. The maximum atomic E-state index is 14.2. The van der Waals surface area contributed by atoms with Crippen molar-refractivity contribution in [1.29, 1.82) is 0 Å². The molecule has 4 rings (SSSR count). The molecule has 2 heterocycles. The zero-order valence-electron chi connectivity index (χ0n) is 21.9. The maximum Gasteiger partial charge on any atom is 0.407 e. The van der Waals surface area contributed by atoms with Gasteiger partial charge in [0.1, 0.15) is 18.0 Å². The Balaban J connectivity index is 1.50. The number of likely N-dealkylation sites (N-methyl/N-ethyl adjacent to an activating group) is 1. The summed E-state index contributed by atoms with van der Waals surface area (Å²) in [5, 5.41) is 12.8. The third-order valence-electron chi connectivity index (χ3n) is 7.39. The zero-order chi connectivity index (χ0) is 29.0. The maximum absolute atomic E-state index is 14.2. The average Bonchev–Trinajstić information content (AvgIpc) is 3.38. The van der Waals surface area contributed by atoms with Crippen LogP contribution in [0, 0.1) is 17.6 Å². The van der Waals surface area contributed by atoms with E-state index in [0.29, 0.717) is 42.9 Å². The van der Waals surface area contributed by atoms with Gasteiger partial charge in [0.25, 0.3) is 5.91 Å². The van der Waals surface area contributed by atoms with Crippen LogP contribution in [0.5, 0.6) is 0 Å². The molecule has 11 nitrogen and oxygen atoms in total. The van der Waals surface area contributed by atoms with Crippen LogP contribution in [0.15, 0.2) is 36.4 Å². The Hall–Kier alpha value is -3.94. The van der Waals surface area contributed by atoms with E-state index in [-0.39, 0.29) is 37.0 Å². The number of para-hydroxylation sites is 1. The molecule has 4 N–H and O–H groups in total. The third-order valence-corrected chi connectivity index (χ3v) is 7.39. The molecule has 0 saturated carbocycles. The highest BCUT2D eigenvalue weighted by atomic mass is 19.1. The van der Waals surface area contributed by atoms with E-state index in [1.165, 1.54) is 19.2 Å². The summed E-state index contributed by atoms with van der Waals surface area (Å²) in [5.41, 5.74) is 0.913. The van der Waals surface area contributed by atoms with Gasteiger partial charge in [-0.3, -0.25) is 9.59 Å². The van der Waals surface area contributed by atoms with Gasteiger partial charge in [-0.05, 0) is 54.2 Å². The van der Waals surface area contributed by atoms with Crippen molar-refractivity contribution in [2.24, 2.45) is 11.8 Å². The van der Waals surface area contributed by atoms with Crippen molar-refractivity contribution in [3.63, 3.8) is 0 Å². The number of amides is 3. The monoisotopic (exact) mass is 559 g/mol. The van der Waals surface area contributed by atoms with Gasteiger partial charge in [-0.25, -0.2) is 24.4 Å². The summed E-state index contributed by atoms with van der Waals surface area (Å²) in [4.78, 5) is 52.0. The highest BCUT2D eigenvalue weighted by Gasteiger charge is 2.36. The lowest BCUT2D eigenvalue weighted by Gasteiger charge is -2.34. The van der Waals surface area contributed by atoms with Gasteiger partial charge in [-0.1, -0.05) is 12.1 Å². The van der Waals surface area contributed by atoms with Crippen LogP contribution in [0.25, 0.3) is 0 Å². The molecule has 2 aliphatic rings. The predicted molar refractivity (Wildman–Crippen MR) is 139 cm³/mol. The Morgan fingerprint density at radius 3 is 2.42 bits per heavy atom. The number of ether oxygens (including phenoxy) is 1. The number of nitrogens with one attached hydrogen (secondary N) is 1. The minimum absolute atomic E-state index is 0.0432. The normalized spacial score (nSPS) is 16.6. The van der Waals surface area contributed by atoms with Gasteiger partial charge >= 0.3 is 6.09 Å². The van der Waals surface area contributed by atoms with E-state index in [9.17, 15) is 33.1 Å². The average molecular weight is 560 g/mol. The van der Waals surface area contributed by atoms with Gasteiger partial charge in [-0.2, -0.15) is 0 Å². The molecular formula is C27H31F2N5O6. The highest BCUT2D eigenvalue weighted by molar-refractivity contribution is 6.05. The first-order valence-electron chi connectivity index (χ1n) is 12.8. The number of aldehydes is 1. The molecular weight excluding hydrogens is 528 g/mol. The number of nitrogens with two attached hydrogens (primary N) is 1. The van der Waals surface area contributed by atoms with Gasteiger partial charge in [0.2, 0.25) is 5.91 Å². The molecule has 13 heteroatoms. The van der Waals surface area contributed by atoms with Gasteiger partial charge in [-0.15, -0.1) is 0 Å². The number of hydrogen-bond donors (Lipinski definition) is 3. The summed E-state index contributed by atoms with van der Waals surface area (Å²) in [6, 6.07) is 6.20. The number of anilines is 1. The van der Waals surface area contributed by atoms with E-state index in [2.05, 4.69) is 5.32 Å². The Morgan fingerprint density at radius 2 is 1.80 bits per heavy atom. The second-order valence-corrected chi connectivity index (χ2v) is 9.86. The largest absolute Gasteiger partial charge is 0.465 e. The zero-order valence-corrected chi connectivity index (χ0v) is 21.9. The predicted octanol–water partition coefficient (Wildman–Crippen LogP) is 1.89. The van der Waals surface area contributed by atoms with Gasteiger partial charge in [0, 0.05) is 45.5 Å². The molecule has 0 spiro atoms. The number of hydrazine groups is 1. The number of halogens is 2. The van der Waals surface area contributed by atoms with Crippen LogP contribution in [-0.4, -0.2) is 78.0 Å². The van der Waals surface area contributed by atoms with Crippen LogP contribution < -0.4 is 16.2 Å². The van der Waals surface area contributed by atoms with E-state index in [1.54, 1.807) is 17.0 Å². The SMILES string of the molecule is CN(C(=O)O)[C@H](C=O)CN[C@H](C(=O)N1Cc2ccc(C(=O)N(N)c3c(F)cccc3F)cc2C1)C1CCOCC1. The fraction of sp³-hybridized carbons (Fsp3) is 0.407. The molecule has 214 valence electrons. The van der Waals surface area contributed by atoms with E-state index in [1.807, 2.05) is 0 Å². The number of hydrogen-bond acceptors (Lipinski definition) is 7. The molecule has 1 saturated heterocycles. The lowest BCUT2D eigenvalue weighted by Crippen LogP contribution is -2.54. The molecule has 2 atom stereocenters. The van der Waals surface area contributed by atoms with Gasteiger partial charge < -0.3 is 29.8 Å². The Bertz CT molecular complexity index is 1270. The quantitative estimate of drug-likeness (QED) is 0.183. The van der Waals surface area contributed by atoms with Crippen LogP contribution in [0.3, 0.4) is 0 Å². The van der Waals surface area contributed by atoms with Crippen molar-refractivity contribution < 1.29 is 37.8 Å². The van der Waals surface area contributed by atoms with Crippen LogP contribution in [-0.2, 0) is 27.4 Å². The molecule has 2 aromatic carbocycles. The van der Waals surface area contributed by atoms with E-state index >= 15 is 0 Å². The first kappa shape index (κ1) is 29.1. The van der Waals surface area contributed by atoms with Crippen molar-refractivity contribution in [2.75, 3.05) is 31.8 Å². The van der Waals surface area contributed by atoms with Crippen molar-refractivity contribution in [1.82, 2.24) is 15.1 Å². The van der Waals surface area contributed by atoms with Crippen LogP contribution in [0.4, 0.5) is 19.3 Å². The summed E-state index contributed by atoms with van der Waals surface area (Å²) in [5.74, 6) is 2.68. The van der Waals surface area contributed by atoms with Crippen molar-refractivity contribution >= 4 is 29.9 Å². The fourth-order valence-electron chi connectivity index (χ4n) is 5.01. The number of carbonyl (C=O) groups is 4. The Morgan fingerprint density at radius 1 is 1.15 bits per heavy atom. The minimum Gasteiger partial charge on any atom is -0.465 e. The second kappa shape index (κ2) is 12.5. The molecule has 2 aromatic rings. The number of rotatable bonds is 9. The lowest BCUT2D eigenvalue weighted by atomic mass is 9.90. The summed E-state index contributed by atoms with van der Waals surface area (Å²) in [6.45, 7) is 1.36. The number of nitrogens with zero attached hydrogens (tertiary/aromatic N) is 3. The number of carbonyl (C=O) groups excluding carboxylic acids is 3. The molecule has 0 aromatic heterocycles. The molecule has 0 unspecified atom stereocenters. The van der Waals surface area contributed by atoms with Crippen molar-refractivity contribution in [3.8, 4) is 0 Å². The smallest absolute Gasteiger partial charge is 0.407 e.